The molecule has 1 aromatic rings. The average Bonchev–Trinajstić information content (AvgIpc) is 2.69. The van der Waals surface area contributed by atoms with Crippen LogP contribution >= 0.6 is 12.4 Å². The summed E-state index contributed by atoms with van der Waals surface area (Å²) >= 11 is 0. The van der Waals surface area contributed by atoms with E-state index in [4.69, 9.17) is 5.73 Å². The topological polar surface area (TPSA) is 92.5 Å². The van der Waals surface area contributed by atoms with Crippen LogP contribution in [0.2, 0.25) is 0 Å². The van der Waals surface area contributed by atoms with Crippen LogP contribution in [-0.4, -0.2) is 38.3 Å². The Hall–Kier alpha value is -1.15. The van der Waals surface area contributed by atoms with Gasteiger partial charge in [-0.15, -0.1) is 12.4 Å². The summed E-state index contributed by atoms with van der Waals surface area (Å²) in [6.07, 6.45) is 4.24. The molecule has 1 aliphatic heterocycles. The van der Waals surface area contributed by atoms with Gasteiger partial charge < -0.3 is 11.1 Å². The summed E-state index contributed by atoms with van der Waals surface area (Å²) in [5.41, 5.74) is 6.03. The van der Waals surface area contributed by atoms with Crippen LogP contribution in [0, 0.1) is 5.41 Å². The third kappa shape index (κ3) is 5.44. The number of nitrogens with zero attached hydrogens (tertiary/aromatic N) is 1. The molecule has 1 heterocycles. The maximum absolute atomic E-state index is 12.8. The molecular weight excluding hydrogens is 386 g/mol. The van der Waals surface area contributed by atoms with E-state index in [1.54, 1.807) is 22.5 Å². The number of carbonyl (C=O) groups is 1. The standard InChI is InChI=1S/C19H31N3O3S.ClH/c1-3-19(4-2,15-20)18(23)21-14-16-9-8-10-17(13-16)26(24,25)22-11-6-5-7-12-22;/h8-10,13H,3-7,11-12,14-15,20H2,1-2H3,(H,21,23);1H. The monoisotopic (exact) mass is 417 g/mol. The number of rotatable bonds is 8. The van der Waals surface area contributed by atoms with E-state index in [1.165, 1.54) is 0 Å². The summed E-state index contributed by atoms with van der Waals surface area (Å²) in [6, 6.07) is 6.84. The molecule has 1 aromatic carbocycles. The Morgan fingerprint density at radius 2 is 1.81 bits per heavy atom. The van der Waals surface area contributed by atoms with E-state index >= 15 is 0 Å². The van der Waals surface area contributed by atoms with Gasteiger partial charge in [0.2, 0.25) is 15.9 Å². The molecule has 0 unspecified atom stereocenters. The second kappa shape index (κ2) is 10.4. The van der Waals surface area contributed by atoms with Gasteiger partial charge in [0.1, 0.15) is 0 Å². The highest BCUT2D eigenvalue weighted by Crippen LogP contribution is 2.25. The molecule has 1 saturated heterocycles. The van der Waals surface area contributed by atoms with Gasteiger partial charge in [0.15, 0.2) is 0 Å². The highest BCUT2D eigenvalue weighted by atomic mass is 35.5. The smallest absolute Gasteiger partial charge is 0.243 e. The second-order valence-corrected chi connectivity index (χ2v) is 8.92. The molecule has 0 radical (unpaired) electrons. The van der Waals surface area contributed by atoms with Crippen molar-refractivity contribution in [2.75, 3.05) is 19.6 Å². The summed E-state index contributed by atoms with van der Waals surface area (Å²) in [4.78, 5) is 12.8. The van der Waals surface area contributed by atoms with Gasteiger partial charge in [-0.1, -0.05) is 32.4 Å². The Morgan fingerprint density at radius 3 is 2.37 bits per heavy atom. The highest BCUT2D eigenvalue weighted by Gasteiger charge is 2.33. The lowest BCUT2D eigenvalue weighted by Crippen LogP contribution is -2.45. The zero-order valence-electron chi connectivity index (χ0n) is 16.2. The minimum atomic E-state index is -3.46. The van der Waals surface area contributed by atoms with E-state index in [2.05, 4.69) is 5.32 Å². The predicted octanol–water partition coefficient (Wildman–Crippen LogP) is 2.66. The molecule has 1 aliphatic rings. The van der Waals surface area contributed by atoms with Crippen molar-refractivity contribution in [2.45, 2.75) is 57.4 Å². The molecular formula is C19H32ClN3O3S. The molecule has 0 aliphatic carbocycles. The molecule has 6 nitrogen and oxygen atoms in total. The molecule has 0 aromatic heterocycles. The van der Waals surface area contributed by atoms with Crippen LogP contribution in [-0.2, 0) is 21.4 Å². The lowest BCUT2D eigenvalue weighted by molar-refractivity contribution is -0.131. The van der Waals surface area contributed by atoms with E-state index < -0.39 is 15.4 Å². The number of sulfonamides is 1. The van der Waals surface area contributed by atoms with E-state index in [0.717, 1.165) is 24.8 Å². The van der Waals surface area contributed by atoms with Gasteiger partial charge in [-0.2, -0.15) is 4.31 Å². The molecule has 27 heavy (non-hydrogen) atoms. The van der Waals surface area contributed by atoms with Gasteiger partial charge in [0, 0.05) is 26.2 Å². The van der Waals surface area contributed by atoms with Crippen molar-refractivity contribution in [1.82, 2.24) is 9.62 Å². The Labute approximate surface area is 169 Å². The molecule has 154 valence electrons. The normalized spacial score (nSPS) is 15.8. The van der Waals surface area contributed by atoms with Crippen LogP contribution in [0.15, 0.2) is 29.2 Å². The van der Waals surface area contributed by atoms with Crippen molar-refractivity contribution in [2.24, 2.45) is 11.1 Å². The van der Waals surface area contributed by atoms with E-state index in [9.17, 15) is 13.2 Å². The fourth-order valence-corrected chi connectivity index (χ4v) is 4.98. The lowest BCUT2D eigenvalue weighted by atomic mass is 9.81. The van der Waals surface area contributed by atoms with E-state index in [0.29, 0.717) is 43.9 Å². The van der Waals surface area contributed by atoms with Gasteiger partial charge in [-0.3, -0.25) is 4.79 Å². The van der Waals surface area contributed by atoms with Gasteiger partial charge in [-0.05, 0) is 43.4 Å². The van der Waals surface area contributed by atoms with Crippen molar-refractivity contribution in [3.05, 3.63) is 29.8 Å². The molecule has 0 bridgehead atoms. The number of amides is 1. The largest absolute Gasteiger partial charge is 0.352 e. The molecule has 2 rings (SSSR count). The molecule has 1 fully saturated rings. The predicted molar refractivity (Wildman–Crippen MR) is 110 cm³/mol. The fraction of sp³-hybridized carbons (Fsp3) is 0.632. The van der Waals surface area contributed by atoms with Crippen molar-refractivity contribution in [3.63, 3.8) is 0 Å². The number of benzene rings is 1. The van der Waals surface area contributed by atoms with Crippen LogP contribution in [0.1, 0.15) is 51.5 Å². The molecule has 8 heteroatoms. The van der Waals surface area contributed by atoms with Gasteiger partial charge in [0.05, 0.1) is 10.3 Å². The third-order valence-corrected chi connectivity index (χ3v) is 7.42. The summed E-state index contributed by atoms with van der Waals surface area (Å²) in [5.74, 6) is -0.0747. The zero-order valence-corrected chi connectivity index (χ0v) is 17.9. The second-order valence-electron chi connectivity index (χ2n) is 6.99. The van der Waals surface area contributed by atoms with Gasteiger partial charge >= 0.3 is 0 Å². The molecule has 0 atom stereocenters. The number of hydrogen-bond acceptors (Lipinski definition) is 4. The van der Waals surface area contributed by atoms with Crippen molar-refractivity contribution in [3.8, 4) is 0 Å². The van der Waals surface area contributed by atoms with Crippen molar-refractivity contribution in [1.29, 1.82) is 0 Å². The van der Waals surface area contributed by atoms with Crippen LogP contribution in [0.5, 0.6) is 0 Å². The summed E-state index contributed by atoms with van der Waals surface area (Å²) in [5, 5.41) is 2.92. The number of nitrogens with two attached hydrogens (primary N) is 1. The number of hydrogen-bond donors (Lipinski definition) is 2. The first-order chi connectivity index (χ1) is 12.4. The minimum absolute atomic E-state index is 0. The maximum atomic E-state index is 12.8. The van der Waals surface area contributed by atoms with Crippen molar-refractivity contribution < 1.29 is 13.2 Å². The fourth-order valence-electron chi connectivity index (χ4n) is 3.39. The third-order valence-electron chi connectivity index (χ3n) is 5.53. The number of carbonyl (C=O) groups excluding carboxylic acids is 1. The highest BCUT2D eigenvalue weighted by molar-refractivity contribution is 7.89. The van der Waals surface area contributed by atoms with Crippen molar-refractivity contribution >= 4 is 28.3 Å². The first-order valence-corrected chi connectivity index (χ1v) is 10.9. The molecule has 0 saturated carbocycles. The minimum Gasteiger partial charge on any atom is -0.352 e. The van der Waals surface area contributed by atoms with E-state index in [1.807, 2.05) is 19.9 Å². The first-order valence-electron chi connectivity index (χ1n) is 9.47. The number of piperidine rings is 1. The van der Waals surface area contributed by atoms with Crippen LogP contribution in [0.4, 0.5) is 0 Å². The Balaban J connectivity index is 0.00000364. The maximum Gasteiger partial charge on any atom is 0.243 e. The Morgan fingerprint density at radius 1 is 1.19 bits per heavy atom. The average molecular weight is 418 g/mol. The quantitative estimate of drug-likeness (QED) is 0.680. The van der Waals surface area contributed by atoms with Gasteiger partial charge in [-0.25, -0.2) is 8.42 Å². The van der Waals surface area contributed by atoms with E-state index in [-0.39, 0.29) is 18.3 Å². The van der Waals surface area contributed by atoms with Crippen LogP contribution < -0.4 is 11.1 Å². The summed E-state index contributed by atoms with van der Waals surface area (Å²) in [7, 11) is -3.46. The zero-order chi connectivity index (χ0) is 19.2. The number of halogens is 1. The summed E-state index contributed by atoms with van der Waals surface area (Å²) < 4.78 is 27.2. The molecule has 3 N–H and O–H groups in total. The SMILES string of the molecule is CCC(CC)(CN)C(=O)NCc1cccc(S(=O)(=O)N2CCCCC2)c1.Cl. The number of nitrogens with one attached hydrogen (secondary N) is 1. The Kier molecular flexibility index (Phi) is 9.21. The Bertz CT molecular complexity index is 706. The first kappa shape index (κ1) is 23.9. The van der Waals surface area contributed by atoms with Gasteiger partial charge in [0.25, 0.3) is 0 Å². The van der Waals surface area contributed by atoms with Crippen LogP contribution in [0.25, 0.3) is 0 Å². The lowest BCUT2D eigenvalue weighted by Gasteiger charge is -2.28. The summed E-state index contributed by atoms with van der Waals surface area (Å²) in [6.45, 7) is 5.67. The molecule has 1 amide bonds. The molecule has 0 spiro atoms. The van der Waals surface area contributed by atoms with Crippen LogP contribution in [0.3, 0.4) is 0 Å².